The Kier molecular flexibility index (Phi) is 5.14. The van der Waals surface area contributed by atoms with Gasteiger partial charge in [-0.25, -0.2) is 9.07 Å². The molecule has 1 aliphatic rings. The number of benzene rings is 1. The molecule has 3 aromatic rings. The Bertz CT molecular complexity index is 1160. The normalized spacial score (nSPS) is 15.9. The molecule has 0 saturated carbocycles. The standard InChI is InChI=1S/C21H15ClFN3O3/c22-18-7-2-1-6-16(18)20-17(10-19(27)28)21(29-25-20)13-11-24-26(12-13)15-5-3-4-14(23)8-9-15/h1-9,11-12,14H,10H2,(H,27,28). The van der Waals surface area contributed by atoms with Gasteiger partial charge in [0, 0.05) is 17.3 Å². The third kappa shape index (κ3) is 3.90. The van der Waals surface area contributed by atoms with Crippen LogP contribution in [0.1, 0.15) is 5.56 Å². The Labute approximate surface area is 170 Å². The molecule has 29 heavy (non-hydrogen) atoms. The molecule has 1 unspecified atom stereocenters. The molecule has 0 radical (unpaired) electrons. The number of nitrogens with zero attached hydrogens (tertiary/aromatic N) is 3. The van der Waals surface area contributed by atoms with Crippen LogP contribution in [0.25, 0.3) is 28.3 Å². The summed E-state index contributed by atoms with van der Waals surface area (Å²) in [5, 5.41) is 18.2. The van der Waals surface area contributed by atoms with E-state index in [1.54, 1.807) is 59.6 Å². The van der Waals surface area contributed by atoms with Gasteiger partial charge in [-0.05, 0) is 30.4 Å². The second-order valence-corrected chi connectivity index (χ2v) is 6.75. The van der Waals surface area contributed by atoms with Crippen molar-refractivity contribution in [2.45, 2.75) is 12.6 Å². The maximum atomic E-state index is 13.4. The van der Waals surface area contributed by atoms with Crippen molar-refractivity contribution in [2.75, 3.05) is 0 Å². The van der Waals surface area contributed by atoms with Crippen LogP contribution in [0.5, 0.6) is 0 Å². The molecule has 0 fully saturated rings. The van der Waals surface area contributed by atoms with Gasteiger partial charge < -0.3 is 9.63 Å². The summed E-state index contributed by atoms with van der Waals surface area (Å²) in [6, 6.07) is 7.01. The molecule has 0 aliphatic heterocycles. The van der Waals surface area contributed by atoms with Crippen LogP contribution in [-0.2, 0) is 11.2 Å². The van der Waals surface area contributed by atoms with E-state index >= 15 is 0 Å². The van der Waals surface area contributed by atoms with Gasteiger partial charge in [-0.1, -0.05) is 41.0 Å². The lowest BCUT2D eigenvalue weighted by molar-refractivity contribution is -0.136. The number of hydrogen-bond donors (Lipinski definition) is 1. The average molecular weight is 412 g/mol. The van der Waals surface area contributed by atoms with E-state index < -0.39 is 12.1 Å². The van der Waals surface area contributed by atoms with Crippen LogP contribution < -0.4 is 0 Å². The van der Waals surface area contributed by atoms with Crippen molar-refractivity contribution in [3.8, 4) is 22.6 Å². The topological polar surface area (TPSA) is 81.2 Å². The van der Waals surface area contributed by atoms with Crippen molar-refractivity contribution in [3.05, 3.63) is 77.6 Å². The molecular weight excluding hydrogens is 397 g/mol. The van der Waals surface area contributed by atoms with Crippen LogP contribution in [0, 0.1) is 0 Å². The lowest BCUT2D eigenvalue weighted by Crippen LogP contribution is -2.02. The van der Waals surface area contributed by atoms with E-state index in [2.05, 4.69) is 10.3 Å². The van der Waals surface area contributed by atoms with Gasteiger partial charge in [0.25, 0.3) is 0 Å². The van der Waals surface area contributed by atoms with Crippen LogP contribution in [0.4, 0.5) is 4.39 Å². The Morgan fingerprint density at radius 2 is 2.14 bits per heavy atom. The van der Waals surface area contributed by atoms with Crippen LogP contribution in [0.2, 0.25) is 5.02 Å². The Balaban J connectivity index is 1.76. The van der Waals surface area contributed by atoms with E-state index in [-0.39, 0.29) is 6.42 Å². The zero-order valence-electron chi connectivity index (χ0n) is 15.0. The summed E-state index contributed by atoms with van der Waals surface area (Å²) in [6.45, 7) is 0. The van der Waals surface area contributed by atoms with Gasteiger partial charge in [0.05, 0.1) is 28.9 Å². The predicted molar refractivity (Wildman–Crippen MR) is 107 cm³/mol. The van der Waals surface area contributed by atoms with Gasteiger partial charge in [0.15, 0.2) is 5.76 Å². The number of alkyl halides is 1. The molecule has 0 bridgehead atoms. The quantitative estimate of drug-likeness (QED) is 0.652. The number of allylic oxidation sites excluding steroid dienone is 6. The number of aliphatic carboxylic acids is 1. The first kappa shape index (κ1) is 18.9. The van der Waals surface area contributed by atoms with Crippen molar-refractivity contribution in [3.63, 3.8) is 0 Å². The maximum Gasteiger partial charge on any atom is 0.308 e. The fourth-order valence-electron chi connectivity index (χ4n) is 3.02. The highest BCUT2D eigenvalue weighted by atomic mass is 35.5. The third-order valence-corrected chi connectivity index (χ3v) is 4.70. The van der Waals surface area contributed by atoms with Gasteiger partial charge in [0.1, 0.15) is 11.9 Å². The van der Waals surface area contributed by atoms with Crippen LogP contribution in [0.15, 0.2) is 71.6 Å². The minimum absolute atomic E-state index is 0.292. The lowest BCUT2D eigenvalue weighted by atomic mass is 10.0. The number of halogens is 2. The second kappa shape index (κ2) is 7.89. The molecule has 1 aliphatic carbocycles. The molecule has 0 amide bonds. The Hall–Kier alpha value is -3.45. The summed E-state index contributed by atoms with van der Waals surface area (Å²) in [5.74, 6) is -0.727. The van der Waals surface area contributed by atoms with E-state index in [0.717, 1.165) is 0 Å². The number of carboxylic acid groups (broad SMARTS) is 1. The largest absolute Gasteiger partial charge is 0.481 e. The smallest absolute Gasteiger partial charge is 0.308 e. The molecule has 146 valence electrons. The summed E-state index contributed by atoms with van der Waals surface area (Å²) < 4.78 is 20.5. The first-order valence-corrected chi connectivity index (χ1v) is 9.12. The minimum atomic E-state index is -1.16. The number of carboxylic acids is 1. The second-order valence-electron chi connectivity index (χ2n) is 6.34. The van der Waals surface area contributed by atoms with Gasteiger partial charge in [0.2, 0.25) is 0 Å². The molecule has 0 spiro atoms. The van der Waals surface area contributed by atoms with Gasteiger partial charge >= 0.3 is 5.97 Å². The van der Waals surface area contributed by atoms with Crippen LogP contribution in [0.3, 0.4) is 0 Å². The first-order valence-electron chi connectivity index (χ1n) is 8.74. The lowest BCUT2D eigenvalue weighted by Gasteiger charge is -2.03. The fourth-order valence-corrected chi connectivity index (χ4v) is 3.25. The summed E-state index contributed by atoms with van der Waals surface area (Å²) in [6.07, 6.45) is 9.55. The number of hydrogen-bond acceptors (Lipinski definition) is 4. The number of carbonyl (C=O) groups is 1. The summed E-state index contributed by atoms with van der Waals surface area (Å²) in [5.41, 5.74) is 2.56. The summed E-state index contributed by atoms with van der Waals surface area (Å²) >= 11 is 6.26. The molecule has 8 heteroatoms. The number of aromatic nitrogens is 3. The predicted octanol–water partition coefficient (Wildman–Crippen LogP) is 4.79. The zero-order valence-corrected chi connectivity index (χ0v) is 15.8. The van der Waals surface area contributed by atoms with E-state index in [0.29, 0.717) is 38.9 Å². The SMILES string of the molecule is O=C(O)Cc1c(-c2ccccc2Cl)noc1-c1cnn(C2=CC=CC(F)C=C2)c1. The van der Waals surface area contributed by atoms with E-state index in [1.807, 2.05) is 0 Å². The number of rotatable bonds is 5. The van der Waals surface area contributed by atoms with Crippen LogP contribution in [-0.4, -0.2) is 32.2 Å². The third-order valence-electron chi connectivity index (χ3n) is 4.37. The molecule has 4 rings (SSSR count). The molecule has 2 aromatic heterocycles. The van der Waals surface area contributed by atoms with Crippen molar-refractivity contribution in [1.82, 2.24) is 14.9 Å². The van der Waals surface area contributed by atoms with Crippen molar-refractivity contribution in [1.29, 1.82) is 0 Å². The molecule has 2 heterocycles. The van der Waals surface area contributed by atoms with Gasteiger partial charge in [-0.3, -0.25) is 4.79 Å². The van der Waals surface area contributed by atoms with Gasteiger partial charge in [-0.2, -0.15) is 5.10 Å². The average Bonchev–Trinajstić information content (AvgIpc) is 3.26. The Morgan fingerprint density at radius 1 is 1.31 bits per heavy atom. The fraction of sp³-hybridized carbons (Fsp3) is 0.0952. The monoisotopic (exact) mass is 411 g/mol. The molecule has 1 aromatic carbocycles. The van der Waals surface area contributed by atoms with Crippen molar-refractivity contribution >= 4 is 23.3 Å². The van der Waals surface area contributed by atoms with Crippen molar-refractivity contribution in [2.24, 2.45) is 0 Å². The van der Waals surface area contributed by atoms with Crippen LogP contribution >= 0.6 is 11.6 Å². The van der Waals surface area contributed by atoms with E-state index in [9.17, 15) is 14.3 Å². The molecule has 1 atom stereocenters. The minimum Gasteiger partial charge on any atom is -0.481 e. The summed E-state index contributed by atoms with van der Waals surface area (Å²) in [7, 11) is 0. The van der Waals surface area contributed by atoms with E-state index in [4.69, 9.17) is 16.1 Å². The zero-order chi connectivity index (χ0) is 20.4. The first-order chi connectivity index (χ1) is 14.0. The molecule has 0 saturated heterocycles. The van der Waals surface area contributed by atoms with Gasteiger partial charge in [-0.15, -0.1) is 0 Å². The Morgan fingerprint density at radius 3 is 2.93 bits per heavy atom. The summed E-state index contributed by atoms with van der Waals surface area (Å²) in [4.78, 5) is 11.5. The highest BCUT2D eigenvalue weighted by molar-refractivity contribution is 6.33. The highest BCUT2D eigenvalue weighted by Crippen LogP contribution is 2.36. The molecule has 1 N–H and O–H groups in total. The molecular formula is C21H15ClFN3O3. The van der Waals surface area contributed by atoms with E-state index in [1.165, 1.54) is 12.2 Å². The highest BCUT2D eigenvalue weighted by Gasteiger charge is 2.23. The maximum absolute atomic E-state index is 13.4. The van der Waals surface area contributed by atoms with Crippen molar-refractivity contribution < 1.29 is 18.8 Å². The molecule has 6 nitrogen and oxygen atoms in total.